The van der Waals surface area contributed by atoms with Gasteiger partial charge < -0.3 is 30.1 Å². The second-order valence-corrected chi connectivity index (χ2v) is 16.5. The number of ether oxygens (including phenoxy) is 2. The normalized spacial score (nSPS) is 29.9. The van der Waals surface area contributed by atoms with Gasteiger partial charge in [-0.1, -0.05) is 32.9 Å². The molecule has 0 spiro atoms. The highest BCUT2D eigenvalue weighted by Gasteiger charge is 2.62. The van der Waals surface area contributed by atoms with Gasteiger partial charge in [0.2, 0.25) is 27.7 Å². The molecule has 276 valence electrons. The quantitative estimate of drug-likeness (QED) is 0.278. The Bertz CT molecular complexity index is 1810. The summed E-state index contributed by atoms with van der Waals surface area (Å²) in [5, 5.41) is 15.9. The van der Waals surface area contributed by atoms with E-state index in [4.69, 9.17) is 9.47 Å². The van der Waals surface area contributed by atoms with E-state index in [9.17, 15) is 32.7 Å². The van der Waals surface area contributed by atoms with Gasteiger partial charge in [-0.2, -0.15) is 0 Å². The van der Waals surface area contributed by atoms with Crippen molar-refractivity contribution in [2.75, 3.05) is 13.2 Å². The van der Waals surface area contributed by atoms with Crippen LogP contribution in [0.3, 0.4) is 0 Å². The number of nitrogens with zero attached hydrogens (tertiary/aromatic N) is 2. The van der Waals surface area contributed by atoms with Crippen LogP contribution in [-0.4, -0.2) is 89.4 Å². The van der Waals surface area contributed by atoms with Gasteiger partial charge in [-0.25, -0.2) is 18.2 Å². The number of nitrogens with one attached hydrogen (secondary N) is 3. The van der Waals surface area contributed by atoms with Crippen molar-refractivity contribution in [3.63, 3.8) is 0 Å². The predicted molar refractivity (Wildman–Crippen MR) is 187 cm³/mol. The molecule has 6 rings (SSSR count). The van der Waals surface area contributed by atoms with Crippen LogP contribution in [-0.2, 0) is 24.4 Å². The Hall–Kier alpha value is -4.40. The maximum absolute atomic E-state index is 14.3. The van der Waals surface area contributed by atoms with Gasteiger partial charge >= 0.3 is 6.09 Å². The minimum atomic E-state index is -3.90. The molecule has 0 radical (unpaired) electrons. The largest absolute Gasteiger partial charge is 0.494 e. The van der Waals surface area contributed by atoms with Crippen LogP contribution in [0.1, 0.15) is 72.1 Å². The van der Waals surface area contributed by atoms with Gasteiger partial charge in [-0.15, -0.1) is 0 Å². The van der Waals surface area contributed by atoms with Crippen LogP contribution in [0, 0.1) is 17.8 Å². The average molecular weight is 726 g/mol. The van der Waals surface area contributed by atoms with Crippen molar-refractivity contribution < 1.29 is 42.2 Å². The van der Waals surface area contributed by atoms with E-state index in [2.05, 4.69) is 20.3 Å². The molecule has 2 aromatic rings. The highest BCUT2D eigenvalue weighted by atomic mass is 32.2. The number of sulfonamides is 1. The summed E-state index contributed by atoms with van der Waals surface area (Å²) in [6.07, 6.45) is 7.26. The van der Waals surface area contributed by atoms with Crippen molar-refractivity contribution in [3.8, 4) is 11.6 Å². The molecule has 2 aliphatic heterocycles. The monoisotopic (exact) mass is 725 g/mol. The van der Waals surface area contributed by atoms with E-state index in [1.807, 2.05) is 57.2 Å². The lowest BCUT2D eigenvalue weighted by atomic mass is 9.88. The molecular weight excluding hydrogens is 678 g/mol. The van der Waals surface area contributed by atoms with Crippen LogP contribution in [0.5, 0.6) is 11.6 Å². The van der Waals surface area contributed by atoms with Crippen molar-refractivity contribution in [1.29, 1.82) is 0 Å². The van der Waals surface area contributed by atoms with Gasteiger partial charge in [0.05, 0.1) is 18.4 Å². The molecule has 3 fully saturated rings. The molecule has 1 aromatic carbocycles. The van der Waals surface area contributed by atoms with Gasteiger partial charge in [0, 0.05) is 23.9 Å². The maximum atomic E-state index is 14.3. The fourth-order valence-corrected chi connectivity index (χ4v) is 8.68. The van der Waals surface area contributed by atoms with Crippen LogP contribution in [0.25, 0.3) is 10.8 Å². The second-order valence-electron chi connectivity index (χ2n) is 14.5. The molecule has 2 saturated carbocycles. The Morgan fingerprint density at radius 3 is 2.65 bits per heavy atom. The molecule has 4 N–H and O–H groups in total. The zero-order valence-corrected chi connectivity index (χ0v) is 30.0. The van der Waals surface area contributed by atoms with Crippen LogP contribution in [0.4, 0.5) is 4.79 Å². The molecule has 1 aromatic heterocycles. The highest BCUT2D eigenvalue weighted by molar-refractivity contribution is 7.91. The lowest BCUT2D eigenvalue weighted by Gasteiger charge is -2.32. The first-order valence-corrected chi connectivity index (χ1v) is 19.4. The minimum absolute atomic E-state index is 0.0243. The summed E-state index contributed by atoms with van der Waals surface area (Å²) >= 11 is 0. The van der Waals surface area contributed by atoms with Crippen LogP contribution >= 0.6 is 0 Å². The number of carboxylic acid groups (broad SMARTS) is 1. The molecule has 1 saturated heterocycles. The van der Waals surface area contributed by atoms with Crippen molar-refractivity contribution in [1.82, 2.24) is 25.2 Å². The lowest BCUT2D eigenvalue weighted by molar-refractivity contribution is -0.142. The molecule has 0 unspecified atom stereocenters. The highest BCUT2D eigenvalue weighted by Crippen LogP contribution is 2.46. The number of fused-ring (bicyclic) bond motifs is 3. The fraction of sp³-hybridized carbons (Fsp3) is 0.583. The first-order valence-electron chi connectivity index (χ1n) is 17.8. The third kappa shape index (κ3) is 8.08. The number of allylic oxidation sites excluding steroid dienone is 1. The molecule has 2 aliphatic carbocycles. The summed E-state index contributed by atoms with van der Waals surface area (Å²) in [6.45, 7) is 6.39. The van der Waals surface area contributed by atoms with E-state index in [0.29, 0.717) is 49.3 Å². The van der Waals surface area contributed by atoms with Crippen molar-refractivity contribution in [3.05, 3.63) is 42.6 Å². The van der Waals surface area contributed by atoms with E-state index in [-0.39, 0.29) is 25.3 Å². The fourth-order valence-electron chi connectivity index (χ4n) is 7.32. The number of carbonyl (C=O) groups is 4. The number of benzene rings is 1. The lowest BCUT2D eigenvalue weighted by Crippen LogP contribution is -2.59. The van der Waals surface area contributed by atoms with Crippen LogP contribution in [0.2, 0.25) is 0 Å². The van der Waals surface area contributed by atoms with E-state index in [1.54, 1.807) is 6.20 Å². The smallest absolute Gasteiger partial charge is 0.405 e. The van der Waals surface area contributed by atoms with E-state index >= 15 is 0 Å². The maximum Gasteiger partial charge on any atom is 0.405 e. The third-order valence-electron chi connectivity index (χ3n) is 10.3. The second kappa shape index (κ2) is 14.7. The van der Waals surface area contributed by atoms with Gasteiger partial charge in [0.1, 0.15) is 29.5 Å². The molecule has 14 nitrogen and oxygen atoms in total. The number of amides is 4. The molecule has 7 atom stereocenters. The minimum Gasteiger partial charge on any atom is -0.494 e. The van der Waals surface area contributed by atoms with Gasteiger partial charge in [0.25, 0.3) is 5.91 Å². The van der Waals surface area contributed by atoms with Crippen molar-refractivity contribution in [2.45, 2.75) is 101 Å². The summed E-state index contributed by atoms with van der Waals surface area (Å²) in [6, 6.07) is 5.08. The number of hydrogen-bond acceptors (Lipinski definition) is 9. The molecule has 0 bridgehead atoms. The molecule has 3 heterocycles. The first kappa shape index (κ1) is 36.4. The number of aromatic nitrogens is 1. The standard InChI is InChI=1S/C36H47N5O9S/c1-4-15-49-25-9-12-28-23(17-25)13-14-37-32(28)50-26-18-29-31(42)39-36(34(44)40-51(47,48)27-10-11-27)19-24(36)8-6-5-7-21(2)16-22(3)30(38-35(45)46)33(43)41(29)20-26/h6,8-9,12-14,17,21-22,24,26-27,29-30,38H,4-5,7,10-11,15-16,18-20H2,1-3H3,(H,39,42)(H,40,44)(H,45,46)/t21-,22+,24+,26+,29-,30-,36+/m0/s1. The zero-order valence-electron chi connectivity index (χ0n) is 29.2. The summed E-state index contributed by atoms with van der Waals surface area (Å²) < 4.78 is 39.9. The Balaban J connectivity index is 1.31. The summed E-state index contributed by atoms with van der Waals surface area (Å²) in [5.74, 6) is -1.76. The predicted octanol–water partition coefficient (Wildman–Crippen LogP) is 3.50. The molecule has 51 heavy (non-hydrogen) atoms. The Labute approximate surface area is 297 Å². The van der Waals surface area contributed by atoms with E-state index < -0.39 is 74.7 Å². The van der Waals surface area contributed by atoms with E-state index in [1.165, 1.54) is 4.90 Å². The number of pyridine rings is 1. The van der Waals surface area contributed by atoms with Gasteiger partial charge in [-0.3, -0.25) is 19.1 Å². The van der Waals surface area contributed by atoms with Crippen LogP contribution < -0.4 is 24.8 Å². The molecular formula is C36H47N5O9S. The number of rotatable bonds is 9. The van der Waals surface area contributed by atoms with Crippen molar-refractivity contribution in [2.24, 2.45) is 17.8 Å². The van der Waals surface area contributed by atoms with Gasteiger partial charge in [0.15, 0.2) is 0 Å². The Morgan fingerprint density at radius 1 is 1.14 bits per heavy atom. The summed E-state index contributed by atoms with van der Waals surface area (Å²) in [4.78, 5) is 60.0. The SMILES string of the molecule is CCCOc1ccc2c(O[C@@H]3C[C@H]4C(=O)N[C@]5(C(=O)NS(=O)(=O)C6CC6)C[C@H]5C=CCC[C@H](C)C[C@@H](C)[C@H](NC(=O)O)C(=O)N4C3)nccc2c1. The van der Waals surface area contributed by atoms with E-state index in [0.717, 1.165) is 18.2 Å². The third-order valence-corrected chi connectivity index (χ3v) is 12.2. The van der Waals surface area contributed by atoms with Crippen LogP contribution in [0.15, 0.2) is 42.6 Å². The summed E-state index contributed by atoms with van der Waals surface area (Å²) in [7, 11) is -3.90. The summed E-state index contributed by atoms with van der Waals surface area (Å²) in [5.41, 5.74) is -1.52. The average Bonchev–Trinajstić information content (AvgIpc) is 4.01. The number of carbonyl (C=O) groups excluding carboxylic acids is 3. The van der Waals surface area contributed by atoms with Crippen molar-refractivity contribution >= 4 is 44.6 Å². The Morgan fingerprint density at radius 2 is 1.92 bits per heavy atom. The first-order chi connectivity index (χ1) is 24.3. The molecule has 4 aliphatic rings. The zero-order chi connectivity index (χ0) is 36.5. The van der Waals surface area contributed by atoms with Gasteiger partial charge in [-0.05, 0) is 86.4 Å². The Kier molecular flexibility index (Phi) is 10.5. The number of hydrogen-bond donors (Lipinski definition) is 4. The molecule has 15 heteroatoms. The topological polar surface area (TPSA) is 193 Å². The molecule has 4 amide bonds.